The summed E-state index contributed by atoms with van der Waals surface area (Å²) in [4.78, 5) is 32.9. The first kappa shape index (κ1) is 17.5. The summed E-state index contributed by atoms with van der Waals surface area (Å²) in [6.45, 7) is 4.32. The number of benzene rings is 1. The number of nitrogens with two attached hydrogens (primary N) is 1. The molecule has 3 heterocycles. The van der Waals surface area contributed by atoms with Gasteiger partial charge in [0.05, 0.1) is 11.4 Å². The number of imidazole rings is 1. The molecule has 1 unspecified atom stereocenters. The van der Waals surface area contributed by atoms with Crippen LogP contribution < -0.4 is 5.73 Å². The van der Waals surface area contributed by atoms with E-state index in [9.17, 15) is 9.59 Å². The van der Waals surface area contributed by atoms with E-state index in [-0.39, 0.29) is 5.91 Å². The van der Waals surface area contributed by atoms with Gasteiger partial charge in [0.15, 0.2) is 4.96 Å². The van der Waals surface area contributed by atoms with Gasteiger partial charge in [-0.3, -0.25) is 14.0 Å². The van der Waals surface area contributed by atoms with Crippen LogP contribution in [0.4, 0.5) is 0 Å². The standard InChI is InChI=1S/C20H20N4O2S/c1-12-10-24-16(13(2)22-20(24)27-12)7-8-18(25)23-11-15-6-4-3-5-14(15)9-17(23)19(21)26/h3-8,10,17H,9,11H2,1-2H3,(H2,21,26)/b8-7+. The van der Waals surface area contributed by atoms with Crippen LogP contribution >= 0.6 is 11.3 Å². The quantitative estimate of drug-likeness (QED) is 0.709. The van der Waals surface area contributed by atoms with Crippen molar-refractivity contribution in [3.8, 4) is 0 Å². The molecule has 0 spiro atoms. The van der Waals surface area contributed by atoms with Gasteiger partial charge < -0.3 is 10.6 Å². The lowest BCUT2D eigenvalue weighted by molar-refractivity contribution is -0.136. The molecular weight excluding hydrogens is 360 g/mol. The number of hydrogen-bond acceptors (Lipinski definition) is 4. The number of carbonyl (C=O) groups excluding carboxylic acids is 2. The van der Waals surface area contributed by atoms with E-state index in [0.717, 1.165) is 32.4 Å². The Morgan fingerprint density at radius 1 is 1.26 bits per heavy atom. The summed E-state index contributed by atoms with van der Waals surface area (Å²) >= 11 is 1.61. The molecule has 138 valence electrons. The molecule has 0 aliphatic carbocycles. The van der Waals surface area contributed by atoms with Gasteiger partial charge in [-0.1, -0.05) is 24.3 Å². The zero-order valence-corrected chi connectivity index (χ0v) is 16.0. The fourth-order valence-electron chi connectivity index (χ4n) is 3.54. The van der Waals surface area contributed by atoms with E-state index in [2.05, 4.69) is 4.98 Å². The van der Waals surface area contributed by atoms with Crippen LogP contribution in [0.1, 0.15) is 27.4 Å². The van der Waals surface area contributed by atoms with Gasteiger partial charge in [-0.15, -0.1) is 11.3 Å². The summed E-state index contributed by atoms with van der Waals surface area (Å²) in [5, 5.41) is 0. The van der Waals surface area contributed by atoms with Crippen LogP contribution in [0.5, 0.6) is 0 Å². The van der Waals surface area contributed by atoms with Crippen molar-refractivity contribution in [1.82, 2.24) is 14.3 Å². The number of carbonyl (C=O) groups is 2. The summed E-state index contributed by atoms with van der Waals surface area (Å²) in [5.74, 6) is -0.711. The lowest BCUT2D eigenvalue weighted by atomic mass is 9.93. The lowest BCUT2D eigenvalue weighted by Crippen LogP contribution is -2.50. The molecule has 1 atom stereocenters. The molecule has 2 amide bonds. The summed E-state index contributed by atoms with van der Waals surface area (Å²) in [7, 11) is 0. The minimum atomic E-state index is -0.632. The predicted molar refractivity (Wildman–Crippen MR) is 105 cm³/mol. The summed E-state index contributed by atoms with van der Waals surface area (Å²) < 4.78 is 1.98. The smallest absolute Gasteiger partial charge is 0.247 e. The van der Waals surface area contributed by atoms with Crippen LogP contribution in [-0.2, 0) is 22.6 Å². The molecule has 0 radical (unpaired) electrons. The summed E-state index contributed by atoms with van der Waals surface area (Å²) in [6.07, 6.45) is 5.73. The topological polar surface area (TPSA) is 80.7 Å². The van der Waals surface area contributed by atoms with Crippen LogP contribution in [0.15, 0.2) is 36.5 Å². The second-order valence-electron chi connectivity index (χ2n) is 6.77. The van der Waals surface area contributed by atoms with Crippen molar-refractivity contribution in [2.24, 2.45) is 5.73 Å². The Morgan fingerprint density at radius 2 is 2.00 bits per heavy atom. The highest BCUT2D eigenvalue weighted by Crippen LogP contribution is 2.25. The Morgan fingerprint density at radius 3 is 2.74 bits per heavy atom. The first-order valence-corrected chi connectivity index (χ1v) is 9.55. The monoisotopic (exact) mass is 380 g/mol. The van der Waals surface area contributed by atoms with Crippen molar-refractivity contribution >= 4 is 34.2 Å². The minimum absolute atomic E-state index is 0.227. The number of aromatic nitrogens is 2. The van der Waals surface area contributed by atoms with E-state index < -0.39 is 11.9 Å². The Bertz CT molecular complexity index is 1080. The van der Waals surface area contributed by atoms with Gasteiger partial charge in [-0.25, -0.2) is 4.98 Å². The van der Waals surface area contributed by atoms with Crippen LogP contribution in [0.25, 0.3) is 11.0 Å². The average Bonchev–Trinajstić information content (AvgIpc) is 3.13. The second-order valence-corrected chi connectivity index (χ2v) is 7.98. The first-order valence-electron chi connectivity index (χ1n) is 8.74. The number of nitrogens with zero attached hydrogens (tertiary/aromatic N) is 3. The Balaban J connectivity index is 1.63. The molecule has 0 saturated heterocycles. The summed E-state index contributed by atoms with van der Waals surface area (Å²) in [6, 6.07) is 7.20. The van der Waals surface area contributed by atoms with Crippen LogP contribution in [-0.4, -0.2) is 32.1 Å². The Labute approximate surface area is 160 Å². The lowest BCUT2D eigenvalue weighted by Gasteiger charge is -2.34. The molecule has 6 nitrogen and oxygen atoms in total. The molecular formula is C20H20N4O2S. The third-order valence-corrected chi connectivity index (χ3v) is 5.80. The fourth-order valence-corrected chi connectivity index (χ4v) is 4.41. The Kier molecular flexibility index (Phi) is 4.31. The number of amides is 2. The van der Waals surface area contributed by atoms with Gasteiger partial charge in [-0.05, 0) is 31.1 Å². The van der Waals surface area contributed by atoms with Crippen molar-refractivity contribution in [2.45, 2.75) is 32.9 Å². The second kappa shape index (κ2) is 6.66. The van der Waals surface area contributed by atoms with E-state index in [1.807, 2.05) is 48.7 Å². The van der Waals surface area contributed by atoms with E-state index in [4.69, 9.17) is 5.73 Å². The van der Waals surface area contributed by atoms with Crippen LogP contribution in [0.2, 0.25) is 0 Å². The number of aryl methyl sites for hydroxylation is 2. The van der Waals surface area contributed by atoms with Crippen molar-refractivity contribution in [3.63, 3.8) is 0 Å². The highest BCUT2D eigenvalue weighted by molar-refractivity contribution is 7.17. The highest BCUT2D eigenvalue weighted by atomic mass is 32.1. The maximum absolute atomic E-state index is 12.9. The number of hydrogen-bond donors (Lipinski definition) is 1. The Hall–Kier alpha value is -2.93. The molecule has 1 aliphatic rings. The molecule has 4 rings (SSSR count). The molecule has 2 aromatic heterocycles. The normalized spacial score (nSPS) is 16.8. The molecule has 27 heavy (non-hydrogen) atoms. The van der Waals surface area contributed by atoms with Crippen molar-refractivity contribution in [1.29, 1.82) is 0 Å². The molecule has 1 aliphatic heterocycles. The fraction of sp³-hybridized carbons (Fsp3) is 0.250. The van der Waals surface area contributed by atoms with Crippen molar-refractivity contribution in [3.05, 3.63) is 63.9 Å². The van der Waals surface area contributed by atoms with Crippen LogP contribution in [0.3, 0.4) is 0 Å². The third-order valence-electron chi connectivity index (χ3n) is 4.91. The van der Waals surface area contributed by atoms with E-state index in [1.54, 1.807) is 22.3 Å². The van der Waals surface area contributed by atoms with Gasteiger partial charge in [0.25, 0.3) is 0 Å². The van der Waals surface area contributed by atoms with Gasteiger partial charge in [0.1, 0.15) is 6.04 Å². The maximum Gasteiger partial charge on any atom is 0.247 e. The predicted octanol–water partition coefficient (Wildman–Crippen LogP) is 2.46. The largest absolute Gasteiger partial charge is 0.368 e. The molecule has 0 bridgehead atoms. The van der Waals surface area contributed by atoms with E-state index in [0.29, 0.717) is 13.0 Å². The number of primary amides is 1. The molecule has 3 aromatic rings. The number of thiazole rings is 1. The first-order chi connectivity index (χ1) is 12.9. The number of fused-ring (bicyclic) bond motifs is 2. The van der Waals surface area contributed by atoms with Gasteiger partial charge >= 0.3 is 0 Å². The number of rotatable bonds is 3. The van der Waals surface area contributed by atoms with E-state index in [1.165, 1.54) is 6.08 Å². The van der Waals surface area contributed by atoms with Gasteiger partial charge in [-0.2, -0.15) is 0 Å². The third kappa shape index (κ3) is 3.14. The molecule has 0 saturated carbocycles. The van der Waals surface area contributed by atoms with Crippen molar-refractivity contribution < 1.29 is 9.59 Å². The van der Waals surface area contributed by atoms with Crippen molar-refractivity contribution in [2.75, 3.05) is 0 Å². The maximum atomic E-state index is 12.9. The molecule has 0 fully saturated rings. The molecule has 1 aromatic carbocycles. The summed E-state index contributed by atoms with van der Waals surface area (Å²) in [5.41, 5.74) is 9.42. The van der Waals surface area contributed by atoms with Gasteiger partial charge in [0.2, 0.25) is 11.8 Å². The average molecular weight is 380 g/mol. The molecule has 7 heteroatoms. The van der Waals surface area contributed by atoms with Crippen LogP contribution in [0, 0.1) is 13.8 Å². The zero-order chi connectivity index (χ0) is 19.1. The van der Waals surface area contributed by atoms with Gasteiger partial charge in [0, 0.05) is 30.1 Å². The zero-order valence-electron chi connectivity index (χ0n) is 15.2. The highest BCUT2D eigenvalue weighted by Gasteiger charge is 2.32. The minimum Gasteiger partial charge on any atom is -0.368 e. The van der Waals surface area contributed by atoms with E-state index >= 15 is 0 Å². The SMILES string of the molecule is Cc1cn2c(/C=C/C(=O)N3Cc4ccccc4CC3C(N)=O)c(C)nc2s1. The molecule has 2 N–H and O–H groups in total.